The lowest BCUT2D eigenvalue weighted by atomic mass is 9.92. The Kier molecular flexibility index (Phi) is 3.54. The highest BCUT2D eigenvalue weighted by Crippen LogP contribution is 2.17. The molecule has 1 N–H and O–H groups in total. The minimum atomic E-state index is -0.769. The predicted molar refractivity (Wildman–Crippen MR) is 60.3 cm³/mol. The Morgan fingerprint density at radius 2 is 2.06 bits per heavy atom. The number of hydrogen-bond donors (Lipinski definition) is 1. The van der Waals surface area contributed by atoms with Crippen molar-refractivity contribution in [3.8, 4) is 0 Å². The van der Waals surface area contributed by atoms with Crippen LogP contribution in [0.5, 0.6) is 0 Å². The second-order valence-electron chi connectivity index (χ2n) is 4.74. The molecule has 1 aromatic carbocycles. The van der Waals surface area contributed by atoms with Crippen molar-refractivity contribution < 1.29 is 8.78 Å². The third-order valence-electron chi connectivity index (χ3n) is 3.23. The zero-order chi connectivity index (χ0) is 11.5. The second-order valence-corrected chi connectivity index (χ2v) is 4.74. The van der Waals surface area contributed by atoms with Gasteiger partial charge >= 0.3 is 0 Å². The fourth-order valence-electron chi connectivity index (χ4n) is 2.18. The van der Waals surface area contributed by atoms with Crippen LogP contribution in [0.25, 0.3) is 0 Å². The summed E-state index contributed by atoms with van der Waals surface area (Å²) in [5.74, 6) is -0.795. The smallest absolute Gasteiger partial charge is 0.159 e. The molecule has 1 aliphatic rings. The van der Waals surface area contributed by atoms with E-state index in [4.69, 9.17) is 0 Å². The first-order valence-corrected chi connectivity index (χ1v) is 5.82. The average Bonchev–Trinajstić information content (AvgIpc) is 2.27. The Balaban J connectivity index is 1.96. The SMILES string of the molecule is CC1CCC(Cc2ccc(F)c(F)c2)NC1. The number of piperidine rings is 1. The zero-order valence-electron chi connectivity index (χ0n) is 9.47. The summed E-state index contributed by atoms with van der Waals surface area (Å²) in [6.45, 7) is 3.25. The molecule has 1 aromatic rings. The van der Waals surface area contributed by atoms with Crippen molar-refractivity contribution in [3.05, 3.63) is 35.4 Å². The first-order valence-electron chi connectivity index (χ1n) is 5.82. The van der Waals surface area contributed by atoms with E-state index in [0.29, 0.717) is 6.04 Å². The summed E-state index contributed by atoms with van der Waals surface area (Å²) >= 11 is 0. The molecule has 1 aliphatic heterocycles. The number of hydrogen-bond acceptors (Lipinski definition) is 1. The molecule has 0 saturated carbocycles. The minimum Gasteiger partial charge on any atom is -0.313 e. The van der Waals surface area contributed by atoms with Gasteiger partial charge in [-0.25, -0.2) is 8.78 Å². The summed E-state index contributed by atoms with van der Waals surface area (Å²) in [7, 11) is 0. The summed E-state index contributed by atoms with van der Waals surface area (Å²) in [5, 5.41) is 3.44. The summed E-state index contributed by atoms with van der Waals surface area (Å²) in [5.41, 5.74) is 0.867. The molecule has 0 aromatic heterocycles. The van der Waals surface area contributed by atoms with Crippen molar-refractivity contribution in [2.75, 3.05) is 6.54 Å². The van der Waals surface area contributed by atoms with Gasteiger partial charge in [0.2, 0.25) is 0 Å². The molecule has 0 amide bonds. The van der Waals surface area contributed by atoms with Gasteiger partial charge in [-0.05, 0) is 49.4 Å². The van der Waals surface area contributed by atoms with Crippen LogP contribution in [0, 0.1) is 17.6 Å². The number of nitrogens with one attached hydrogen (secondary N) is 1. The van der Waals surface area contributed by atoms with Crippen molar-refractivity contribution in [2.24, 2.45) is 5.92 Å². The van der Waals surface area contributed by atoms with Gasteiger partial charge in [-0.1, -0.05) is 13.0 Å². The third-order valence-corrected chi connectivity index (χ3v) is 3.23. The van der Waals surface area contributed by atoms with E-state index in [1.807, 2.05) is 0 Å². The molecule has 0 spiro atoms. The molecule has 3 heteroatoms. The van der Waals surface area contributed by atoms with Gasteiger partial charge in [0.1, 0.15) is 0 Å². The normalized spacial score (nSPS) is 25.7. The molecule has 88 valence electrons. The maximum Gasteiger partial charge on any atom is 0.159 e. The van der Waals surface area contributed by atoms with Gasteiger partial charge in [-0.2, -0.15) is 0 Å². The molecule has 0 aliphatic carbocycles. The van der Waals surface area contributed by atoms with Crippen LogP contribution in [-0.2, 0) is 6.42 Å². The number of benzene rings is 1. The van der Waals surface area contributed by atoms with E-state index in [2.05, 4.69) is 12.2 Å². The van der Waals surface area contributed by atoms with Crippen LogP contribution < -0.4 is 5.32 Å². The zero-order valence-corrected chi connectivity index (χ0v) is 9.47. The van der Waals surface area contributed by atoms with Crippen LogP contribution >= 0.6 is 0 Å². The van der Waals surface area contributed by atoms with Crippen LogP contribution in [-0.4, -0.2) is 12.6 Å². The van der Waals surface area contributed by atoms with Crippen molar-refractivity contribution in [2.45, 2.75) is 32.2 Å². The predicted octanol–water partition coefficient (Wildman–Crippen LogP) is 2.90. The quantitative estimate of drug-likeness (QED) is 0.816. The van der Waals surface area contributed by atoms with Gasteiger partial charge in [-0.3, -0.25) is 0 Å². The lowest BCUT2D eigenvalue weighted by molar-refractivity contribution is 0.326. The number of halogens is 2. The molecule has 2 rings (SSSR count). The van der Waals surface area contributed by atoms with Crippen molar-refractivity contribution in [1.82, 2.24) is 5.32 Å². The van der Waals surface area contributed by atoms with Crippen LogP contribution in [0.3, 0.4) is 0 Å². The van der Waals surface area contributed by atoms with Crippen molar-refractivity contribution in [1.29, 1.82) is 0 Å². The largest absolute Gasteiger partial charge is 0.313 e. The highest BCUT2D eigenvalue weighted by Gasteiger charge is 2.17. The maximum absolute atomic E-state index is 13.0. The maximum atomic E-state index is 13.0. The Labute approximate surface area is 94.9 Å². The van der Waals surface area contributed by atoms with E-state index in [0.717, 1.165) is 30.9 Å². The van der Waals surface area contributed by atoms with E-state index in [9.17, 15) is 8.78 Å². The van der Waals surface area contributed by atoms with E-state index >= 15 is 0 Å². The number of rotatable bonds is 2. The Hall–Kier alpha value is -0.960. The molecular weight excluding hydrogens is 208 g/mol. The lowest BCUT2D eigenvalue weighted by Gasteiger charge is -2.27. The summed E-state index contributed by atoms with van der Waals surface area (Å²) in [6.07, 6.45) is 3.10. The van der Waals surface area contributed by atoms with Gasteiger partial charge in [0.25, 0.3) is 0 Å². The lowest BCUT2D eigenvalue weighted by Crippen LogP contribution is -2.39. The molecule has 1 nitrogen and oxygen atoms in total. The van der Waals surface area contributed by atoms with Gasteiger partial charge < -0.3 is 5.32 Å². The van der Waals surface area contributed by atoms with Gasteiger partial charge in [-0.15, -0.1) is 0 Å². The highest BCUT2D eigenvalue weighted by molar-refractivity contribution is 5.19. The molecule has 1 saturated heterocycles. The molecule has 0 bridgehead atoms. The third kappa shape index (κ3) is 2.79. The monoisotopic (exact) mass is 225 g/mol. The van der Waals surface area contributed by atoms with Crippen LogP contribution in [0.15, 0.2) is 18.2 Å². The molecule has 0 radical (unpaired) electrons. The minimum absolute atomic E-state index is 0.404. The summed E-state index contributed by atoms with van der Waals surface area (Å²) in [6, 6.07) is 4.57. The van der Waals surface area contributed by atoms with Crippen LogP contribution in [0.1, 0.15) is 25.3 Å². The Morgan fingerprint density at radius 1 is 1.25 bits per heavy atom. The fourth-order valence-corrected chi connectivity index (χ4v) is 2.18. The van der Waals surface area contributed by atoms with Gasteiger partial charge in [0.15, 0.2) is 11.6 Å². The average molecular weight is 225 g/mol. The summed E-state index contributed by atoms with van der Waals surface area (Å²) < 4.78 is 25.7. The Morgan fingerprint density at radius 3 is 2.69 bits per heavy atom. The second kappa shape index (κ2) is 4.91. The molecule has 1 heterocycles. The van der Waals surface area contributed by atoms with E-state index < -0.39 is 11.6 Å². The van der Waals surface area contributed by atoms with Crippen molar-refractivity contribution >= 4 is 0 Å². The van der Waals surface area contributed by atoms with Gasteiger partial charge in [0, 0.05) is 6.04 Å². The van der Waals surface area contributed by atoms with E-state index in [1.165, 1.54) is 18.6 Å². The van der Waals surface area contributed by atoms with Crippen LogP contribution in [0.4, 0.5) is 8.78 Å². The highest BCUT2D eigenvalue weighted by atomic mass is 19.2. The molecule has 2 atom stereocenters. The van der Waals surface area contributed by atoms with E-state index in [-0.39, 0.29) is 0 Å². The first kappa shape index (κ1) is 11.5. The summed E-state index contributed by atoms with van der Waals surface area (Å²) in [4.78, 5) is 0. The topological polar surface area (TPSA) is 12.0 Å². The molecule has 16 heavy (non-hydrogen) atoms. The van der Waals surface area contributed by atoms with Gasteiger partial charge in [0.05, 0.1) is 0 Å². The Bertz CT molecular complexity index is 357. The van der Waals surface area contributed by atoms with E-state index in [1.54, 1.807) is 6.07 Å². The standard InChI is InChI=1S/C13H17F2N/c1-9-2-4-11(16-8-9)6-10-3-5-12(14)13(15)7-10/h3,5,7,9,11,16H,2,4,6,8H2,1H3. The molecular formula is C13H17F2N. The van der Waals surface area contributed by atoms with Crippen LogP contribution in [0.2, 0.25) is 0 Å². The molecule has 1 fully saturated rings. The molecule has 2 unspecified atom stereocenters. The first-order chi connectivity index (χ1) is 7.65. The fraction of sp³-hybridized carbons (Fsp3) is 0.538. The van der Waals surface area contributed by atoms with Crippen molar-refractivity contribution in [3.63, 3.8) is 0 Å².